The quantitative estimate of drug-likeness (QED) is 0.655. The van der Waals surface area contributed by atoms with Crippen LogP contribution in [0.1, 0.15) is 48.9 Å². The van der Waals surface area contributed by atoms with Gasteiger partial charge in [0.15, 0.2) is 0 Å². The second-order valence-corrected chi connectivity index (χ2v) is 5.05. The minimum atomic E-state index is -0.266. The van der Waals surface area contributed by atoms with Crippen molar-refractivity contribution in [1.29, 1.82) is 0 Å². The Balaban J connectivity index is 1.74. The highest BCUT2D eigenvalue weighted by molar-refractivity contribution is 5.90. The number of nitrogens with two attached hydrogens (primary N) is 1. The van der Waals surface area contributed by atoms with Crippen molar-refractivity contribution >= 4 is 11.7 Å². The molecule has 0 atom stereocenters. The summed E-state index contributed by atoms with van der Waals surface area (Å²) in [6.07, 6.45) is 7.58. The Morgan fingerprint density at radius 2 is 2.06 bits per heavy atom. The number of carbonyl (C=O) groups excluding carboxylic acids is 1. The Kier molecular flexibility index (Phi) is 4.62. The first-order valence-corrected chi connectivity index (χ1v) is 6.78. The third kappa shape index (κ3) is 3.76. The molecule has 0 heterocycles. The molecule has 1 aromatic carbocycles. The number of hydrogen-bond acceptors (Lipinski definition) is 3. The number of ether oxygens (including phenoxy) is 1. The topological polar surface area (TPSA) is 52.3 Å². The van der Waals surface area contributed by atoms with E-state index in [1.54, 1.807) is 24.3 Å². The van der Waals surface area contributed by atoms with Gasteiger partial charge in [-0.15, -0.1) is 0 Å². The van der Waals surface area contributed by atoms with Gasteiger partial charge >= 0.3 is 5.97 Å². The Bertz CT molecular complexity index is 397. The van der Waals surface area contributed by atoms with Crippen LogP contribution in [0.5, 0.6) is 0 Å². The van der Waals surface area contributed by atoms with Crippen molar-refractivity contribution in [2.75, 3.05) is 12.3 Å². The number of esters is 1. The second-order valence-electron chi connectivity index (χ2n) is 5.05. The van der Waals surface area contributed by atoms with Crippen LogP contribution in [0.3, 0.4) is 0 Å². The normalized spacial score (nSPS) is 16.4. The molecule has 0 amide bonds. The van der Waals surface area contributed by atoms with Crippen molar-refractivity contribution < 1.29 is 9.53 Å². The molecule has 3 nitrogen and oxygen atoms in total. The van der Waals surface area contributed by atoms with Crippen LogP contribution in [0.25, 0.3) is 0 Å². The molecule has 1 fully saturated rings. The summed E-state index contributed by atoms with van der Waals surface area (Å²) >= 11 is 0. The van der Waals surface area contributed by atoms with E-state index in [4.69, 9.17) is 10.5 Å². The summed E-state index contributed by atoms with van der Waals surface area (Å²) in [5.41, 5.74) is 6.77. The largest absolute Gasteiger partial charge is 0.462 e. The van der Waals surface area contributed by atoms with Gasteiger partial charge in [-0.25, -0.2) is 4.79 Å². The molecule has 1 saturated carbocycles. The Hall–Kier alpha value is -1.51. The molecule has 0 saturated heterocycles. The number of hydrogen-bond donors (Lipinski definition) is 1. The molecule has 1 aromatic rings. The fourth-order valence-electron chi connectivity index (χ4n) is 2.54. The molecular weight excluding hydrogens is 226 g/mol. The summed E-state index contributed by atoms with van der Waals surface area (Å²) in [4.78, 5) is 11.8. The summed E-state index contributed by atoms with van der Waals surface area (Å²) in [5, 5.41) is 0. The van der Waals surface area contributed by atoms with E-state index < -0.39 is 0 Å². The molecule has 1 aliphatic rings. The lowest BCUT2D eigenvalue weighted by Gasteiger charge is -2.21. The standard InChI is InChI=1S/C15H21NO2/c16-14-8-4-7-13(11-14)15(17)18-10-9-12-5-2-1-3-6-12/h4,7-8,11-12H,1-3,5-6,9-10,16H2. The van der Waals surface area contributed by atoms with Gasteiger partial charge < -0.3 is 10.5 Å². The lowest BCUT2D eigenvalue weighted by atomic mass is 9.87. The van der Waals surface area contributed by atoms with Crippen molar-refractivity contribution in [2.45, 2.75) is 38.5 Å². The van der Waals surface area contributed by atoms with Crippen LogP contribution < -0.4 is 5.73 Å². The number of carbonyl (C=O) groups is 1. The van der Waals surface area contributed by atoms with Crippen LogP contribution in [0.4, 0.5) is 5.69 Å². The van der Waals surface area contributed by atoms with Gasteiger partial charge in [0.05, 0.1) is 12.2 Å². The SMILES string of the molecule is Nc1cccc(C(=O)OCCC2CCCCC2)c1. The summed E-state index contributed by atoms with van der Waals surface area (Å²) in [6.45, 7) is 0.526. The molecule has 2 rings (SSSR count). The maximum absolute atomic E-state index is 11.8. The fraction of sp³-hybridized carbons (Fsp3) is 0.533. The highest BCUT2D eigenvalue weighted by Crippen LogP contribution is 2.26. The summed E-state index contributed by atoms with van der Waals surface area (Å²) < 4.78 is 5.29. The molecule has 0 aromatic heterocycles. The monoisotopic (exact) mass is 247 g/mol. The number of benzene rings is 1. The first kappa shape index (κ1) is 12.9. The molecule has 2 N–H and O–H groups in total. The summed E-state index contributed by atoms with van der Waals surface area (Å²) in [6, 6.07) is 6.92. The van der Waals surface area contributed by atoms with Gasteiger partial charge in [0, 0.05) is 5.69 Å². The van der Waals surface area contributed by atoms with E-state index in [1.165, 1.54) is 32.1 Å². The molecular formula is C15H21NO2. The maximum Gasteiger partial charge on any atom is 0.338 e. The van der Waals surface area contributed by atoms with Crippen LogP contribution >= 0.6 is 0 Å². The van der Waals surface area contributed by atoms with Crippen LogP contribution in [0, 0.1) is 5.92 Å². The molecule has 18 heavy (non-hydrogen) atoms. The number of rotatable bonds is 4. The molecule has 0 aliphatic heterocycles. The first-order valence-electron chi connectivity index (χ1n) is 6.78. The number of nitrogen functional groups attached to an aromatic ring is 1. The van der Waals surface area contributed by atoms with Gasteiger partial charge in [0.1, 0.15) is 0 Å². The van der Waals surface area contributed by atoms with Gasteiger partial charge in [-0.2, -0.15) is 0 Å². The third-order valence-corrected chi connectivity index (χ3v) is 3.61. The predicted molar refractivity (Wildman–Crippen MR) is 72.3 cm³/mol. The van der Waals surface area contributed by atoms with Gasteiger partial charge in [-0.1, -0.05) is 38.2 Å². The molecule has 98 valence electrons. The Morgan fingerprint density at radius 1 is 1.28 bits per heavy atom. The van der Waals surface area contributed by atoms with Crippen molar-refractivity contribution in [3.8, 4) is 0 Å². The maximum atomic E-state index is 11.8. The molecule has 0 radical (unpaired) electrons. The Labute approximate surface area is 108 Å². The lowest BCUT2D eigenvalue weighted by molar-refractivity contribution is 0.0475. The van der Waals surface area contributed by atoms with Crippen molar-refractivity contribution in [3.63, 3.8) is 0 Å². The van der Waals surface area contributed by atoms with E-state index in [1.807, 2.05) is 0 Å². The first-order chi connectivity index (χ1) is 8.75. The Morgan fingerprint density at radius 3 is 2.78 bits per heavy atom. The van der Waals surface area contributed by atoms with E-state index in [2.05, 4.69) is 0 Å². The molecule has 0 unspecified atom stereocenters. The van der Waals surface area contributed by atoms with Gasteiger partial charge in [0.2, 0.25) is 0 Å². The highest BCUT2D eigenvalue weighted by atomic mass is 16.5. The third-order valence-electron chi connectivity index (χ3n) is 3.61. The zero-order valence-electron chi connectivity index (χ0n) is 10.7. The van der Waals surface area contributed by atoms with Crippen LogP contribution in [-0.4, -0.2) is 12.6 Å². The van der Waals surface area contributed by atoms with Gasteiger partial charge in [0.25, 0.3) is 0 Å². The fourth-order valence-corrected chi connectivity index (χ4v) is 2.54. The van der Waals surface area contributed by atoms with E-state index in [-0.39, 0.29) is 5.97 Å². The average Bonchev–Trinajstić information content (AvgIpc) is 2.40. The average molecular weight is 247 g/mol. The van der Waals surface area contributed by atoms with E-state index in [0.29, 0.717) is 17.9 Å². The van der Waals surface area contributed by atoms with Crippen LogP contribution in [0.15, 0.2) is 24.3 Å². The van der Waals surface area contributed by atoms with E-state index in [9.17, 15) is 4.79 Å². The van der Waals surface area contributed by atoms with E-state index in [0.717, 1.165) is 12.3 Å². The van der Waals surface area contributed by atoms with Crippen LogP contribution in [-0.2, 0) is 4.74 Å². The zero-order chi connectivity index (χ0) is 12.8. The zero-order valence-corrected chi connectivity index (χ0v) is 10.7. The van der Waals surface area contributed by atoms with Crippen LogP contribution in [0.2, 0.25) is 0 Å². The minimum absolute atomic E-state index is 0.266. The summed E-state index contributed by atoms with van der Waals surface area (Å²) in [5.74, 6) is 0.477. The predicted octanol–water partition coefficient (Wildman–Crippen LogP) is 3.40. The van der Waals surface area contributed by atoms with Crippen molar-refractivity contribution in [2.24, 2.45) is 5.92 Å². The molecule has 0 spiro atoms. The molecule has 1 aliphatic carbocycles. The van der Waals surface area contributed by atoms with Crippen molar-refractivity contribution in [3.05, 3.63) is 29.8 Å². The molecule has 3 heteroatoms. The second kappa shape index (κ2) is 6.43. The summed E-state index contributed by atoms with van der Waals surface area (Å²) in [7, 11) is 0. The van der Waals surface area contributed by atoms with Gasteiger partial charge in [-0.05, 0) is 30.5 Å². The van der Waals surface area contributed by atoms with Crippen molar-refractivity contribution in [1.82, 2.24) is 0 Å². The minimum Gasteiger partial charge on any atom is -0.462 e. The molecule has 0 bridgehead atoms. The van der Waals surface area contributed by atoms with E-state index >= 15 is 0 Å². The number of anilines is 1. The lowest BCUT2D eigenvalue weighted by Crippen LogP contribution is -2.12. The van der Waals surface area contributed by atoms with Gasteiger partial charge in [-0.3, -0.25) is 0 Å². The smallest absolute Gasteiger partial charge is 0.338 e. The highest BCUT2D eigenvalue weighted by Gasteiger charge is 2.14.